The quantitative estimate of drug-likeness (QED) is 0.349. The summed E-state index contributed by atoms with van der Waals surface area (Å²) < 4.78 is 11.9. The number of furan rings is 1. The van der Waals surface area contributed by atoms with Crippen LogP contribution in [0, 0.1) is 11.3 Å². The summed E-state index contributed by atoms with van der Waals surface area (Å²) in [5, 5.41) is 15.1. The van der Waals surface area contributed by atoms with Crippen LogP contribution in [-0.4, -0.2) is 7.11 Å². The highest BCUT2D eigenvalue weighted by molar-refractivity contribution is 7.95. The topological polar surface area (TPSA) is 46.2 Å². The molecule has 1 aromatic heterocycles. The number of halogens is 1. The number of nitriles is 1. The van der Waals surface area contributed by atoms with Crippen molar-refractivity contribution in [3.63, 3.8) is 0 Å². The minimum absolute atomic E-state index is 0. The van der Waals surface area contributed by atoms with Crippen molar-refractivity contribution in [1.82, 2.24) is 0 Å². The Morgan fingerprint density at radius 1 is 0.794 bits per heavy atom. The Labute approximate surface area is 206 Å². The zero-order valence-electron chi connectivity index (χ0n) is 18.7. The van der Waals surface area contributed by atoms with E-state index in [0.717, 1.165) is 16.5 Å². The highest BCUT2D eigenvalue weighted by atomic mass is 35.5. The van der Waals surface area contributed by atoms with Gasteiger partial charge in [-0.1, -0.05) is 54.6 Å². The van der Waals surface area contributed by atoms with Gasteiger partial charge in [0.15, 0.2) is 5.76 Å². The molecule has 0 saturated heterocycles. The van der Waals surface area contributed by atoms with Gasteiger partial charge in [0, 0.05) is 5.39 Å². The third-order valence-corrected chi connectivity index (χ3v) is 10.4. The average Bonchev–Trinajstić information content (AvgIpc) is 3.30. The molecular weight excluding hydrogens is 461 g/mol. The van der Waals surface area contributed by atoms with Crippen molar-refractivity contribution in [3.05, 3.63) is 121 Å². The van der Waals surface area contributed by atoms with Crippen LogP contribution in [-0.2, 0) is 6.16 Å². The number of benzene rings is 4. The van der Waals surface area contributed by atoms with Crippen LogP contribution in [0.3, 0.4) is 0 Å². The fraction of sp³-hybridized carbons (Fsp3) is 0.0690. The molecule has 0 atom stereocenters. The van der Waals surface area contributed by atoms with Crippen molar-refractivity contribution >= 4 is 33.9 Å². The van der Waals surface area contributed by atoms with Crippen LogP contribution >= 0.6 is 7.26 Å². The van der Waals surface area contributed by atoms with Crippen molar-refractivity contribution in [3.8, 4) is 11.8 Å². The Balaban J connectivity index is 0.00000274. The molecule has 0 bridgehead atoms. The van der Waals surface area contributed by atoms with Gasteiger partial charge in [0.2, 0.25) is 0 Å². The molecule has 0 fully saturated rings. The van der Waals surface area contributed by atoms with Crippen molar-refractivity contribution in [1.29, 1.82) is 5.26 Å². The van der Waals surface area contributed by atoms with E-state index in [-0.39, 0.29) is 12.4 Å². The first-order chi connectivity index (χ1) is 16.3. The Bertz CT molecular complexity index is 1330. The van der Waals surface area contributed by atoms with Crippen molar-refractivity contribution in [2.75, 3.05) is 7.11 Å². The second kappa shape index (κ2) is 10.1. The predicted molar refractivity (Wildman–Crippen MR) is 136 cm³/mol. The van der Waals surface area contributed by atoms with Crippen LogP contribution in [0.4, 0.5) is 0 Å². The molecule has 3 nitrogen and oxygen atoms in total. The SMILES string of the molecule is COc1cc(C#N)cc2coc(C[P+](c3ccccc3)(c3ccccc3)c3ccccc3)c12.[Cl-]. The number of ether oxygens (including phenoxy) is 1. The molecule has 0 aliphatic rings. The average molecular weight is 484 g/mol. The molecule has 0 aliphatic carbocycles. The normalized spacial score (nSPS) is 10.9. The zero-order chi connectivity index (χ0) is 22.7. The van der Waals surface area contributed by atoms with E-state index in [4.69, 9.17) is 9.15 Å². The van der Waals surface area contributed by atoms with Gasteiger partial charge < -0.3 is 21.6 Å². The molecule has 5 rings (SSSR count). The Hall–Kier alpha value is -3.57. The summed E-state index contributed by atoms with van der Waals surface area (Å²) in [6, 6.07) is 38.0. The maximum atomic E-state index is 9.43. The van der Waals surface area contributed by atoms with E-state index in [2.05, 4.69) is 97.1 Å². The van der Waals surface area contributed by atoms with Crippen LogP contribution in [0.25, 0.3) is 10.8 Å². The minimum Gasteiger partial charge on any atom is -1.00 e. The molecule has 0 amide bonds. The summed E-state index contributed by atoms with van der Waals surface area (Å²) in [5.74, 6) is 1.54. The summed E-state index contributed by atoms with van der Waals surface area (Å²) in [7, 11) is -0.470. The summed E-state index contributed by atoms with van der Waals surface area (Å²) in [5.41, 5.74) is 0.557. The lowest BCUT2D eigenvalue weighted by molar-refractivity contribution is -0.00000739. The molecule has 5 aromatic rings. The standard InChI is InChI=1S/C29H23NO2P.ClH/c1-31-27-18-22(19-30)17-23-20-32-28(29(23)27)21-33(24-11-5-2-6-12-24,25-13-7-3-8-14-25)26-15-9-4-10-16-26;/h2-18,20H,21H2,1H3;1H/q+1;/p-1. The second-order valence-electron chi connectivity index (χ2n) is 7.89. The Morgan fingerprint density at radius 3 is 1.74 bits per heavy atom. The minimum atomic E-state index is -2.11. The van der Waals surface area contributed by atoms with E-state index in [1.807, 2.05) is 6.07 Å². The van der Waals surface area contributed by atoms with Gasteiger partial charge >= 0.3 is 0 Å². The molecule has 168 valence electrons. The number of nitrogens with zero attached hydrogens (tertiary/aromatic N) is 1. The highest BCUT2D eigenvalue weighted by Gasteiger charge is 2.46. The molecule has 0 spiro atoms. The highest BCUT2D eigenvalue weighted by Crippen LogP contribution is 2.59. The van der Waals surface area contributed by atoms with Crippen LogP contribution in [0.5, 0.6) is 5.75 Å². The van der Waals surface area contributed by atoms with Crippen molar-refractivity contribution in [2.24, 2.45) is 0 Å². The first-order valence-electron chi connectivity index (χ1n) is 10.8. The lowest BCUT2D eigenvalue weighted by atomic mass is 10.1. The summed E-state index contributed by atoms with van der Waals surface area (Å²) in [6.07, 6.45) is 2.44. The van der Waals surface area contributed by atoms with Crippen LogP contribution < -0.4 is 33.1 Å². The van der Waals surface area contributed by atoms with E-state index in [1.165, 1.54) is 15.9 Å². The van der Waals surface area contributed by atoms with Gasteiger partial charge in [-0.05, 0) is 48.5 Å². The Morgan fingerprint density at radius 2 is 1.29 bits per heavy atom. The third kappa shape index (κ3) is 4.08. The first-order valence-corrected chi connectivity index (χ1v) is 12.8. The molecule has 0 N–H and O–H groups in total. The fourth-order valence-electron chi connectivity index (χ4n) is 4.55. The van der Waals surface area contributed by atoms with Crippen LogP contribution in [0.2, 0.25) is 0 Å². The van der Waals surface area contributed by atoms with Gasteiger partial charge in [-0.15, -0.1) is 0 Å². The molecule has 0 aliphatic heterocycles. The summed E-state index contributed by atoms with van der Waals surface area (Å²) in [4.78, 5) is 0. The van der Waals surface area contributed by atoms with Crippen LogP contribution in [0.1, 0.15) is 11.3 Å². The smallest absolute Gasteiger partial charge is 0.153 e. The molecule has 0 saturated carbocycles. The molecule has 0 radical (unpaired) electrons. The summed E-state index contributed by atoms with van der Waals surface area (Å²) >= 11 is 0. The maximum absolute atomic E-state index is 9.43. The number of methoxy groups -OCH3 is 1. The zero-order valence-corrected chi connectivity index (χ0v) is 20.3. The maximum Gasteiger partial charge on any atom is 0.153 e. The van der Waals surface area contributed by atoms with E-state index in [1.54, 1.807) is 19.4 Å². The number of hydrogen-bond acceptors (Lipinski definition) is 3. The summed E-state index contributed by atoms with van der Waals surface area (Å²) in [6.45, 7) is 0. The largest absolute Gasteiger partial charge is 1.00 e. The third-order valence-electron chi connectivity index (χ3n) is 6.06. The Kier molecular flexibility index (Phi) is 7.03. The molecular formula is C29H23ClNO2P. The first kappa shape index (κ1) is 23.6. The lowest BCUT2D eigenvalue weighted by Gasteiger charge is -2.27. The number of hydrogen-bond donors (Lipinski definition) is 0. The van der Waals surface area contributed by atoms with Gasteiger partial charge in [0.1, 0.15) is 35.1 Å². The molecule has 4 aromatic carbocycles. The number of rotatable bonds is 6. The van der Waals surface area contributed by atoms with E-state index >= 15 is 0 Å². The fourth-order valence-corrected chi connectivity index (χ4v) is 8.70. The number of fused-ring (bicyclic) bond motifs is 1. The van der Waals surface area contributed by atoms with Crippen molar-refractivity contribution in [2.45, 2.75) is 6.16 Å². The second-order valence-corrected chi connectivity index (χ2v) is 11.4. The van der Waals surface area contributed by atoms with Crippen LogP contribution in [0.15, 0.2) is 114 Å². The molecule has 0 unspecified atom stereocenters. The van der Waals surface area contributed by atoms with Gasteiger partial charge in [-0.25, -0.2) is 0 Å². The van der Waals surface area contributed by atoms with Gasteiger partial charge in [0.05, 0.1) is 30.4 Å². The van der Waals surface area contributed by atoms with E-state index in [9.17, 15) is 5.26 Å². The van der Waals surface area contributed by atoms with E-state index < -0.39 is 7.26 Å². The molecule has 5 heteroatoms. The lowest BCUT2D eigenvalue weighted by Crippen LogP contribution is -3.00. The van der Waals surface area contributed by atoms with Crippen molar-refractivity contribution < 1.29 is 21.6 Å². The monoisotopic (exact) mass is 483 g/mol. The molecule has 34 heavy (non-hydrogen) atoms. The molecule has 1 heterocycles. The van der Waals surface area contributed by atoms with E-state index in [0.29, 0.717) is 17.5 Å². The predicted octanol–water partition coefficient (Wildman–Crippen LogP) is 2.81. The van der Waals surface area contributed by atoms with Gasteiger partial charge in [-0.3, -0.25) is 0 Å². The van der Waals surface area contributed by atoms with Gasteiger partial charge in [-0.2, -0.15) is 5.26 Å². The van der Waals surface area contributed by atoms with Gasteiger partial charge in [0.25, 0.3) is 0 Å².